The Hall–Kier alpha value is -1.01. The molecule has 1 N–H and O–H groups in total. The summed E-state index contributed by atoms with van der Waals surface area (Å²) in [5.74, 6) is -0.803. The monoisotopic (exact) mass is 314 g/mol. The topological polar surface area (TPSA) is 71.4 Å². The third-order valence-electron chi connectivity index (χ3n) is 3.59. The highest BCUT2D eigenvalue weighted by atomic mass is 32.2. The number of sulfone groups is 1. The van der Waals surface area contributed by atoms with Gasteiger partial charge >= 0.3 is 5.97 Å². The number of aliphatic carboxylic acids is 1. The summed E-state index contributed by atoms with van der Waals surface area (Å²) in [7, 11) is -3.02. The van der Waals surface area contributed by atoms with Crippen molar-refractivity contribution in [1.29, 1.82) is 0 Å². The molecule has 0 amide bonds. The van der Waals surface area contributed by atoms with Crippen LogP contribution >= 0.6 is 11.8 Å². The Bertz CT molecular complexity index is 554. The molecule has 1 aromatic rings. The molecule has 4 nitrogen and oxygen atoms in total. The van der Waals surface area contributed by atoms with Crippen molar-refractivity contribution in [3.8, 4) is 0 Å². The lowest BCUT2D eigenvalue weighted by Crippen LogP contribution is -2.25. The van der Waals surface area contributed by atoms with Crippen LogP contribution < -0.4 is 0 Å². The average molecular weight is 314 g/mol. The van der Waals surface area contributed by atoms with Crippen LogP contribution in [0, 0.1) is 11.8 Å². The second kappa shape index (κ2) is 6.63. The fourth-order valence-corrected chi connectivity index (χ4v) is 5.36. The summed E-state index contributed by atoms with van der Waals surface area (Å²) in [6.45, 7) is 0. The van der Waals surface area contributed by atoms with E-state index in [1.54, 1.807) is 11.8 Å². The second-order valence-corrected chi connectivity index (χ2v) is 8.46. The van der Waals surface area contributed by atoms with Crippen LogP contribution in [0.15, 0.2) is 35.2 Å². The van der Waals surface area contributed by atoms with Crippen LogP contribution in [0.25, 0.3) is 0 Å². The summed E-state index contributed by atoms with van der Waals surface area (Å²) < 4.78 is 22.9. The van der Waals surface area contributed by atoms with Crippen molar-refractivity contribution >= 4 is 27.6 Å². The summed E-state index contributed by atoms with van der Waals surface area (Å²) in [6.07, 6.45) is 0.990. The highest BCUT2D eigenvalue weighted by Crippen LogP contribution is 2.30. The van der Waals surface area contributed by atoms with Gasteiger partial charge in [-0.3, -0.25) is 4.79 Å². The first kappa shape index (κ1) is 15.4. The molecular weight excluding hydrogens is 296 g/mol. The van der Waals surface area contributed by atoms with E-state index in [1.807, 2.05) is 30.3 Å². The van der Waals surface area contributed by atoms with Gasteiger partial charge in [0.05, 0.1) is 17.4 Å². The van der Waals surface area contributed by atoms with Crippen LogP contribution in [0.2, 0.25) is 0 Å². The van der Waals surface area contributed by atoms with E-state index in [0.29, 0.717) is 18.6 Å². The minimum atomic E-state index is -3.02. The molecular formula is C14H18O4S2. The van der Waals surface area contributed by atoms with Gasteiger partial charge in [-0.1, -0.05) is 18.2 Å². The highest BCUT2D eigenvalue weighted by Gasteiger charge is 2.36. The number of carbonyl (C=O) groups is 1. The molecule has 1 aromatic carbocycles. The lowest BCUT2D eigenvalue weighted by atomic mass is 9.90. The Morgan fingerprint density at radius 2 is 2.05 bits per heavy atom. The third-order valence-corrected chi connectivity index (χ3v) is 6.43. The van der Waals surface area contributed by atoms with Crippen LogP contribution in [0.5, 0.6) is 0 Å². The first-order chi connectivity index (χ1) is 9.48. The quantitative estimate of drug-likeness (QED) is 0.816. The number of benzene rings is 1. The first-order valence-electron chi connectivity index (χ1n) is 6.59. The van der Waals surface area contributed by atoms with Gasteiger partial charge in [0.2, 0.25) is 0 Å². The molecule has 0 saturated carbocycles. The molecule has 1 aliphatic heterocycles. The van der Waals surface area contributed by atoms with E-state index in [0.717, 1.165) is 4.90 Å². The van der Waals surface area contributed by atoms with Crippen molar-refractivity contribution in [2.45, 2.75) is 17.7 Å². The Morgan fingerprint density at radius 3 is 2.60 bits per heavy atom. The lowest BCUT2D eigenvalue weighted by molar-refractivity contribution is -0.143. The van der Waals surface area contributed by atoms with E-state index in [4.69, 9.17) is 0 Å². The van der Waals surface area contributed by atoms with Crippen LogP contribution in [-0.2, 0) is 14.6 Å². The zero-order chi connectivity index (χ0) is 14.6. The van der Waals surface area contributed by atoms with Gasteiger partial charge in [0.1, 0.15) is 0 Å². The van der Waals surface area contributed by atoms with Gasteiger partial charge in [-0.05, 0) is 36.6 Å². The summed E-state index contributed by atoms with van der Waals surface area (Å²) in [5, 5.41) is 9.30. The standard InChI is InChI=1S/C14H18O4S2/c15-14(16)13(11-7-9-20(17,18)10-11)6-8-19-12-4-2-1-3-5-12/h1-5,11,13H,6-10H2,(H,15,16). The Balaban J connectivity index is 1.89. The maximum absolute atomic E-state index is 11.5. The van der Waals surface area contributed by atoms with Gasteiger partial charge in [-0.15, -0.1) is 11.8 Å². The minimum absolute atomic E-state index is 0.0277. The van der Waals surface area contributed by atoms with E-state index in [-0.39, 0.29) is 17.4 Å². The molecule has 1 heterocycles. The van der Waals surface area contributed by atoms with Crippen molar-refractivity contribution in [3.05, 3.63) is 30.3 Å². The maximum atomic E-state index is 11.5. The molecule has 1 fully saturated rings. The number of hydrogen-bond donors (Lipinski definition) is 1. The Kier molecular flexibility index (Phi) is 5.10. The smallest absolute Gasteiger partial charge is 0.306 e. The third kappa shape index (κ3) is 4.24. The number of carboxylic acids is 1. The zero-order valence-corrected chi connectivity index (χ0v) is 12.7. The summed E-state index contributed by atoms with van der Waals surface area (Å²) in [6, 6.07) is 9.80. The van der Waals surface area contributed by atoms with E-state index in [1.165, 1.54) is 0 Å². The molecule has 0 aromatic heterocycles. The second-order valence-electron chi connectivity index (χ2n) is 5.06. The fraction of sp³-hybridized carbons (Fsp3) is 0.500. The van der Waals surface area contributed by atoms with Crippen molar-refractivity contribution in [1.82, 2.24) is 0 Å². The molecule has 1 saturated heterocycles. The molecule has 2 unspecified atom stereocenters. The normalized spacial score (nSPS) is 22.5. The molecule has 2 atom stereocenters. The summed E-state index contributed by atoms with van der Waals surface area (Å²) in [4.78, 5) is 12.4. The average Bonchev–Trinajstić information content (AvgIpc) is 2.75. The number of rotatable bonds is 6. The van der Waals surface area contributed by atoms with Gasteiger partial charge in [-0.2, -0.15) is 0 Å². The molecule has 0 aliphatic carbocycles. The van der Waals surface area contributed by atoms with Crippen molar-refractivity contribution < 1.29 is 18.3 Å². The number of hydrogen-bond acceptors (Lipinski definition) is 4. The molecule has 110 valence electrons. The fourth-order valence-electron chi connectivity index (χ4n) is 2.52. The minimum Gasteiger partial charge on any atom is -0.481 e. The number of thioether (sulfide) groups is 1. The van der Waals surface area contributed by atoms with Gasteiger partial charge in [0, 0.05) is 4.90 Å². The molecule has 20 heavy (non-hydrogen) atoms. The van der Waals surface area contributed by atoms with Crippen LogP contribution in [0.1, 0.15) is 12.8 Å². The summed E-state index contributed by atoms with van der Waals surface area (Å²) >= 11 is 1.61. The Labute approximate surface area is 123 Å². The van der Waals surface area contributed by atoms with Gasteiger partial charge in [0.25, 0.3) is 0 Å². The Morgan fingerprint density at radius 1 is 1.35 bits per heavy atom. The zero-order valence-electron chi connectivity index (χ0n) is 11.1. The van der Waals surface area contributed by atoms with E-state index in [9.17, 15) is 18.3 Å². The first-order valence-corrected chi connectivity index (χ1v) is 9.40. The maximum Gasteiger partial charge on any atom is 0.306 e. The SMILES string of the molecule is O=C(O)C(CCSc1ccccc1)C1CCS(=O)(=O)C1. The van der Waals surface area contributed by atoms with Crippen LogP contribution in [0.4, 0.5) is 0 Å². The molecule has 6 heteroatoms. The largest absolute Gasteiger partial charge is 0.481 e. The van der Waals surface area contributed by atoms with Crippen molar-refractivity contribution in [2.24, 2.45) is 11.8 Å². The van der Waals surface area contributed by atoms with Gasteiger partial charge in [0.15, 0.2) is 9.84 Å². The van der Waals surface area contributed by atoms with E-state index < -0.39 is 21.7 Å². The molecule has 0 spiro atoms. The van der Waals surface area contributed by atoms with E-state index in [2.05, 4.69) is 0 Å². The summed E-state index contributed by atoms with van der Waals surface area (Å²) in [5.41, 5.74) is 0. The predicted molar refractivity (Wildman–Crippen MR) is 79.7 cm³/mol. The molecule has 1 aliphatic rings. The highest BCUT2D eigenvalue weighted by molar-refractivity contribution is 7.99. The lowest BCUT2D eigenvalue weighted by Gasteiger charge is -2.17. The van der Waals surface area contributed by atoms with Crippen molar-refractivity contribution in [3.63, 3.8) is 0 Å². The van der Waals surface area contributed by atoms with Crippen LogP contribution in [-0.4, -0.2) is 36.8 Å². The number of carboxylic acid groups (broad SMARTS) is 1. The van der Waals surface area contributed by atoms with Crippen molar-refractivity contribution in [2.75, 3.05) is 17.3 Å². The van der Waals surface area contributed by atoms with Gasteiger partial charge in [-0.25, -0.2) is 8.42 Å². The van der Waals surface area contributed by atoms with Gasteiger partial charge < -0.3 is 5.11 Å². The van der Waals surface area contributed by atoms with Crippen LogP contribution in [0.3, 0.4) is 0 Å². The molecule has 0 bridgehead atoms. The molecule has 2 rings (SSSR count). The predicted octanol–water partition coefficient (Wildman–Crippen LogP) is 2.30. The molecule has 0 radical (unpaired) electrons. The van der Waals surface area contributed by atoms with E-state index >= 15 is 0 Å².